The summed E-state index contributed by atoms with van der Waals surface area (Å²) in [6, 6.07) is -0.575. The highest BCUT2D eigenvalue weighted by molar-refractivity contribution is 6.04. The minimum absolute atomic E-state index is 0.122. The molecule has 0 bridgehead atoms. The number of H-pyrrole nitrogens is 1. The fourth-order valence-corrected chi connectivity index (χ4v) is 2.05. The molecule has 5 nitrogen and oxygen atoms in total. The van der Waals surface area contributed by atoms with Gasteiger partial charge >= 0.3 is 0 Å². The molecule has 1 aromatic heterocycles. The molecule has 1 heterocycles. The number of hydrogen-bond donors (Lipinski definition) is 4. The fourth-order valence-electron chi connectivity index (χ4n) is 2.05. The third-order valence-electron chi connectivity index (χ3n) is 3.41. The van der Waals surface area contributed by atoms with Gasteiger partial charge in [0, 0.05) is 5.56 Å². The molecule has 1 aromatic rings. The summed E-state index contributed by atoms with van der Waals surface area (Å²) in [6.07, 6.45) is 3.03. The highest BCUT2D eigenvalue weighted by Crippen LogP contribution is 2.34. The second kappa shape index (κ2) is 3.83. The van der Waals surface area contributed by atoms with Crippen molar-refractivity contribution < 1.29 is 15.0 Å². The van der Waals surface area contributed by atoms with Gasteiger partial charge in [-0.15, -0.1) is 0 Å². The predicted molar refractivity (Wildman–Crippen MR) is 58.5 cm³/mol. The molecule has 1 aliphatic carbocycles. The number of ketones is 1. The van der Waals surface area contributed by atoms with Gasteiger partial charge in [0.1, 0.15) is 0 Å². The van der Waals surface area contributed by atoms with Gasteiger partial charge in [0.25, 0.3) is 0 Å². The minimum atomic E-state index is -0.575. The Hall–Kier alpha value is -1.49. The molecule has 1 aliphatic rings. The lowest BCUT2D eigenvalue weighted by Gasteiger charge is -2.30. The molecule has 0 spiro atoms. The van der Waals surface area contributed by atoms with Crippen LogP contribution >= 0.6 is 0 Å². The van der Waals surface area contributed by atoms with Crippen molar-refractivity contribution in [3.05, 3.63) is 11.1 Å². The lowest BCUT2D eigenvalue weighted by Crippen LogP contribution is -2.41. The van der Waals surface area contributed by atoms with Crippen molar-refractivity contribution in [2.75, 3.05) is 0 Å². The highest BCUT2D eigenvalue weighted by Gasteiger charge is 2.33. The molecule has 1 atom stereocenters. The molecule has 0 radical (unpaired) electrons. The van der Waals surface area contributed by atoms with Crippen LogP contribution in [-0.4, -0.2) is 27.0 Å². The summed E-state index contributed by atoms with van der Waals surface area (Å²) in [4.78, 5) is 14.3. The number of hydrogen-bond acceptors (Lipinski definition) is 4. The smallest absolute Gasteiger partial charge is 0.202 e. The number of aromatic hydroxyl groups is 2. The average Bonchev–Trinajstić information content (AvgIpc) is 2.37. The second-order valence-corrected chi connectivity index (χ2v) is 4.40. The molecular weight excluding hydrogens is 208 g/mol. The van der Waals surface area contributed by atoms with E-state index in [1.54, 1.807) is 6.92 Å². The zero-order valence-corrected chi connectivity index (χ0v) is 9.16. The summed E-state index contributed by atoms with van der Waals surface area (Å²) in [6.45, 7) is 1.58. The Kier molecular flexibility index (Phi) is 2.63. The molecule has 5 heteroatoms. The Bertz CT molecular complexity index is 421. The molecule has 5 N–H and O–H groups in total. The Morgan fingerprint density at radius 2 is 2.06 bits per heavy atom. The van der Waals surface area contributed by atoms with Crippen molar-refractivity contribution in [3.8, 4) is 11.8 Å². The summed E-state index contributed by atoms with van der Waals surface area (Å²) >= 11 is 0. The van der Waals surface area contributed by atoms with Gasteiger partial charge in [-0.25, -0.2) is 0 Å². The first-order chi connectivity index (χ1) is 7.52. The van der Waals surface area contributed by atoms with Crippen LogP contribution in [-0.2, 0) is 0 Å². The van der Waals surface area contributed by atoms with Crippen LogP contribution < -0.4 is 5.73 Å². The lowest BCUT2D eigenvalue weighted by atomic mass is 9.77. The van der Waals surface area contributed by atoms with E-state index in [9.17, 15) is 15.0 Å². The van der Waals surface area contributed by atoms with Crippen LogP contribution in [0.4, 0.5) is 0 Å². The molecule has 88 valence electrons. The van der Waals surface area contributed by atoms with Crippen molar-refractivity contribution in [2.24, 2.45) is 11.7 Å². The van der Waals surface area contributed by atoms with Gasteiger partial charge in [0.05, 0.1) is 11.6 Å². The average molecular weight is 224 g/mol. The van der Waals surface area contributed by atoms with E-state index >= 15 is 0 Å². The van der Waals surface area contributed by atoms with Crippen molar-refractivity contribution >= 4 is 5.78 Å². The molecule has 2 rings (SSSR count). The Balaban J connectivity index is 2.25. The SMILES string of the molecule is Cc1c(O)[nH]c(O)c1C(=O)C(N)C1CCC1. The maximum Gasteiger partial charge on any atom is 0.202 e. The second-order valence-electron chi connectivity index (χ2n) is 4.40. The van der Waals surface area contributed by atoms with Crippen molar-refractivity contribution in [2.45, 2.75) is 32.2 Å². The normalized spacial score (nSPS) is 18.1. The van der Waals surface area contributed by atoms with Crippen LogP contribution in [0.1, 0.15) is 35.2 Å². The van der Waals surface area contributed by atoms with Crippen LogP contribution in [0.25, 0.3) is 0 Å². The number of rotatable bonds is 3. The monoisotopic (exact) mass is 224 g/mol. The van der Waals surface area contributed by atoms with Crippen molar-refractivity contribution in [1.29, 1.82) is 0 Å². The molecule has 0 aliphatic heterocycles. The Morgan fingerprint density at radius 3 is 2.44 bits per heavy atom. The van der Waals surface area contributed by atoms with Gasteiger partial charge in [0.2, 0.25) is 5.88 Å². The van der Waals surface area contributed by atoms with E-state index in [0.717, 1.165) is 19.3 Å². The minimum Gasteiger partial charge on any atom is -0.494 e. The number of nitrogens with one attached hydrogen (secondary N) is 1. The van der Waals surface area contributed by atoms with Crippen LogP contribution in [0.2, 0.25) is 0 Å². The first-order valence-electron chi connectivity index (χ1n) is 5.42. The summed E-state index contributed by atoms with van der Waals surface area (Å²) in [5.74, 6) is -0.559. The van der Waals surface area contributed by atoms with Crippen molar-refractivity contribution in [3.63, 3.8) is 0 Å². The maximum atomic E-state index is 12.0. The van der Waals surface area contributed by atoms with Gasteiger partial charge in [-0.3, -0.25) is 9.78 Å². The standard InChI is InChI=1S/C11H16N2O3/c1-5-7(11(16)13-10(5)15)9(14)8(12)6-3-2-4-6/h6,8,13,15-16H,2-4,12H2,1H3. The topological polar surface area (TPSA) is 99.3 Å². The zero-order valence-electron chi connectivity index (χ0n) is 9.16. The van der Waals surface area contributed by atoms with E-state index in [-0.39, 0.29) is 29.0 Å². The fraction of sp³-hybridized carbons (Fsp3) is 0.545. The van der Waals surface area contributed by atoms with Gasteiger partial charge < -0.3 is 15.9 Å². The van der Waals surface area contributed by atoms with Crippen molar-refractivity contribution in [1.82, 2.24) is 4.98 Å². The highest BCUT2D eigenvalue weighted by atomic mass is 16.3. The van der Waals surface area contributed by atoms with Crippen LogP contribution in [0.3, 0.4) is 0 Å². The zero-order chi connectivity index (χ0) is 11.9. The number of carbonyl (C=O) groups excluding carboxylic acids is 1. The maximum absolute atomic E-state index is 12.0. The van der Waals surface area contributed by atoms with E-state index < -0.39 is 6.04 Å². The summed E-state index contributed by atoms with van der Waals surface area (Å²) in [5.41, 5.74) is 6.33. The number of nitrogens with two attached hydrogens (primary N) is 1. The molecule has 0 saturated heterocycles. The third kappa shape index (κ3) is 1.57. The van der Waals surface area contributed by atoms with Gasteiger partial charge in [-0.05, 0) is 25.7 Å². The molecule has 0 aromatic carbocycles. The Morgan fingerprint density at radius 1 is 1.44 bits per heavy atom. The third-order valence-corrected chi connectivity index (χ3v) is 3.41. The predicted octanol–water partition coefficient (Wildman–Crippen LogP) is 1.04. The van der Waals surface area contributed by atoms with Gasteiger partial charge in [-0.1, -0.05) is 6.42 Å². The Labute approximate surface area is 93.3 Å². The van der Waals surface area contributed by atoms with Gasteiger partial charge in [0.15, 0.2) is 11.7 Å². The van der Waals surface area contributed by atoms with Crippen LogP contribution in [0, 0.1) is 12.8 Å². The molecule has 16 heavy (non-hydrogen) atoms. The van der Waals surface area contributed by atoms with Gasteiger partial charge in [-0.2, -0.15) is 0 Å². The van der Waals surface area contributed by atoms with E-state index in [1.807, 2.05) is 0 Å². The van der Waals surface area contributed by atoms with E-state index in [2.05, 4.69) is 4.98 Å². The molecular formula is C11H16N2O3. The van der Waals surface area contributed by atoms with Crippen LogP contribution in [0.15, 0.2) is 0 Å². The molecule has 1 unspecified atom stereocenters. The quantitative estimate of drug-likeness (QED) is 0.576. The number of aromatic nitrogens is 1. The largest absolute Gasteiger partial charge is 0.494 e. The number of carbonyl (C=O) groups is 1. The summed E-state index contributed by atoms with van der Waals surface area (Å²) < 4.78 is 0. The molecule has 1 saturated carbocycles. The molecule has 0 amide bonds. The number of Topliss-reactive ketones (excluding diaryl/α,β-unsaturated/α-hetero) is 1. The van der Waals surface area contributed by atoms with Crippen LogP contribution in [0.5, 0.6) is 11.8 Å². The lowest BCUT2D eigenvalue weighted by molar-refractivity contribution is 0.0894. The van der Waals surface area contributed by atoms with E-state index in [4.69, 9.17) is 5.73 Å². The van der Waals surface area contributed by atoms with E-state index in [0.29, 0.717) is 5.56 Å². The summed E-state index contributed by atoms with van der Waals surface area (Å²) in [7, 11) is 0. The first-order valence-corrected chi connectivity index (χ1v) is 5.42. The summed E-state index contributed by atoms with van der Waals surface area (Å²) in [5, 5.41) is 18.9. The first kappa shape index (κ1) is 11.0. The molecule has 1 fully saturated rings. The number of aromatic amines is 1. The van der Waals surface area contributed by atoms with E-state index in [1.165, 1.54) is 0 Å².